The molecule has 0 unspecified atom stereocenters. The number of H-pyrrole nitrogens is 2. The van der Waals surface area contributed by atoms with Crippen LogP contribution in [0.4, 0.5) is 26.3 Å². The van der Waals surface area contributed by atoms with Crippen molar-refractivity contribution in [2.24, 2.45) is 5.73 Å². The molecule has 0 spiro atoms. The van der Waals surface area contributed by atoms with Gasteiger partial charge in [-0.3, -0.25) is 15.0 Å². The molecular formula is C40H32F6N12O5. The van der Waals surface area contributed by atoms with Crippen molar-refractivity contribution < 1.29 is 50.1 Å². The third-order valence-corrected chi connectivity index (χ3v) is 8.24. The number of amides is 1. The van der Waals surface area contributed by atoms with E-state index < -0.39 is 36.0 Å². The van der Waals surface area contributed by atoms with Crippen molar-refractivity contribution >= 4 is 11.9 Å². The second-order valence-electron chi connectivity index (χ2n) is 12.8. The molecule has 0 saturated carbocycles. The van der Waals surface area contributed by atoms with Gasteiger partial charge in [-0.05, 0) is 30.8 Å². The minimum atomic E-state index is -4.73. The van der Waals surface area contributed by atoms with Crippen molar-refractivity contribution in [1.29, 1.82) is 0 Å². The monoisotopic (exact) mass is 874 g/mol. The highest BCUT2D eigenvalue weighted by Crippen LogP contribution is 2.31. The molecule has 0 aliphatic heterocycles. The number of hydrogen-bond donors (Lipinski definition) is 5. The first kappa shape index (κ1) is 44.5. The average molecular weight is 875 g/mol. The molecule has 4 aromatic heterocycles. The minimum Gasteiger partial charge on any atom is -0.478 e. The fraction of sp³-hybridized carbons (Fsp3) is 0.150. The second-order valence-corrected chi connectivity index (χ2v) is 12.8. The Morgan fingerprint density at radius 1 is 0.587 bits per heavy atom. The molecule has 324 valence electrons. The van der Waals surface area contributed by atoms with Gasteiger partial charge in [-0.1, -0.05) is 95.2 Å². The van der Waals surface area contributed by atoms with E-state index in [1.165, 1.54) is 42.5 Å². The van der Waals surface area contributed by atoms with E-state index >= 15 is 0 Å². The number of carbonyl (C=O) groups is 2. The summed E-state index contributed by atoms with van der Waals surface area (Å²) in [5.74, 6) is -2.34. The van der Waals surface area contributed by atoms with Crippen molar-refractivity contribution in [2.45, 2.75) is 25.2 Å². The number of carboxylic acid groups (broad SMARTS) is 1. The zero-order valence-electron chi connectivity index (χ0n) is 32.2. The summed E-state index contributed by atoms with van der Waals surface area (Å²) < 4.78 is 82.9. The Hall–Kier alpha value is -8.08. The normalized spacial score (nSPS) is 11.2. The Morgan fingerprint density at radius 3 is 1.48 bits per heavy atom. The third kappa shape index (κ3) is 12.3. The number of benzene rings is 4. The van der Waals surface area contributed by atoms with Gasteiger partial charge >= 0.3 is 30.1 Å². The van der Waals surface area contributed by atoms with Crippen molar-refractivity contribution in [3.63, 3.8) is 0 Å². The number of aromatic amines is 2. The number of rotatable bonds is 11. The number of aromatic carboxylic acids is 1. The van der Waals surface area contributed by atoms with Gasteiger partial charge in [0.2, 0.25) is 11.6 Å². The van der Waals surface area contributed by atoms with Gasteiger partial charge in [-0.15, -0.1) is 0 Å². The molecule has 6 N–H and O–H groups in total. The van der Waals surface area contributed by atoms with Crippen molar-refractivity contribution in [2.75, 3.05) is 13.1 Å². The van der Waals surface area contributed by atoms with Crippen LogP contribution in [0, 0.1) is 0 Å². The van der Waals surface area contributed by atoms with E-state index in [2.05, 4.69) is 65.0 Å². The number of carboxylic acids is 1. The first-order valence-electron chi connectivity index (χ1n) is 18.4. The van der Waals surface area contributed by atoms with Gasteiger partial charge in [0, 0.05) is 47.2 Å². The number of alkyl halides is 6. The lowest BCUT2D eigenvalue weighted by Crippen LogP contribution is -2.26. The predicted molar refractivity (Wildman–Crippen MR) is 209 cm³/mol. The van der Waals surface area contributed by atoms with Gasteiger partial charge in [0.05, 0.1) is 5.56 Å². The average Bonchev–Trinajstić information content (AvgIpc) is 4.13. The number of nitrogens with two attached hydrogens (primary N) is 1. The molecular weight excluding hydrogens is 843 g/mol. The molecule has 0 bridgehead atoms. The minimum absolute atomic E-state index is 0.0779. The van der Waals surface area contributed by atoms with Gasteiger partial charge in [-0.25, -0.2) is 14.8 Å². The van der Waals surface area contributed by atoms with Gasteiger partial charge in [0.15, 0.2) is 11.6 Å². The number of hydrogen-bond acceptors (Lipinski definition) is 13. The van der Waals surface area contributed by atoms with Crippen LogP contribution in [0.3, 0.4) is 0 Å². The number of carbonyl (C=O) groups excluding carboxylic acids is 1. The molecule has 0 saturated heterocycles. The van der Waals surface area contributed by atoms with Crippen LogP contribution in [0.1, 0.15) is 44.1 Å². The third-order valence-electron chi connectivity index (χ3n) is 8.24. The molecule has 0 fully saturated rings. The molecule has 1 amide bonds. The summed E-state index contributed by atoms with van der Waals surface area (Å²) in [5.41, 5.74) is 7.85. The summed E-state index contributed by atoms with van der Waals surface area (Å²) in [7, 11) is 0. The Labute approximate surface area is 350 Å². The standard InChI is InChI=1S/C20H15F3N6O2.C10H5F3N2O3.C10H12N4/c21-20(22,23)19-26-17(29-31-19)13-7-4-8-14(11-13)18(30)24-10-9-15-25-16(28-27-15)12-5-2-1-3-6-12;11-10(12,13)9-14-7(15-18-9)5-2-1-3-6(4-5)8(16)17;11-7-6-9-12-10(14-13-9)8-4-2-1-3-5-8/h1-8,11H,9-10H2,(H,24,30)(H,25,27,28);1-4H,(H,16,17);1-5H,6-7,11H2,(H,12,13,14). The molecule has 0 radical (unpaired) electrons. The van der Waals surface area contributed by atoms with Crippen LogP contribution in [-0.4, -0.2) is 80.7 Å². The highest BCUT2D eigenvalue weighted by atomic mass is 19.4. The van der Waals surface area contributed by atoms with Crippen molar-refractivity contribution in [1.82, 2.24) is 56.0 Å². The maximum absolute atomic E-state index is 12.6. The topological polar surface area (TPSA) is 253 Å². The number of aromatic nitrogens is 10. The van der Waals surface area contributed by atoms with Crippen LogP contribution < -0.4 is 11.1 Å². The molecule has 23 heteroatoms. The van der Waals surface area contributed by atoms with Crippen molar-refractivity contribution in [3.8, 4) is 45.6 Å². The van der Waals surface area contributed by atoms with Crippen LogP contribution in [-0.2, 0) is 25.2 Å². The maximum Gasteiger partial charge on any atom is 0.471 e. The molecule has 4 heterocycles. The van der Waals surface area contributed by atoms with Gasteiger partial charge in [0.25, 0.3) is 5.91 Å². The Morgan fingerprint density at radius 2 is 1.03 bits per heavy atom. The van der Waals surface area contributed by atoms with Crippen molar-refractivity contribution in [3.05, 3.63) is 144 Å². The fourth-order valence-corrected chi connectivity index (χ4v) is 5.28. The largest absolute Gasteiger partial charge is 0.478 e. The number of halogens is 6. The Balaban J connectivity index is 0.000000174. The quantitative estimate of drug-likeness (QED) is 0.0826. The van der Waals surface area contributed by atoms with E-state index in [1.54, 1.807) is 0 Å². The number of nitrogens with one attached hydrogen (secondary N) is 3. The lowest BCUT2D eigenvalue weighted by molar-refractivity contribution is -0.160. The van der Waals surface area contributed by atoms with Crippen LogP contribution in [0.25, 0.3) is 45.6 Å². The van der Waals surface area contributed by atoms with E-state index in [1.807, 2.05) is 60.7 Å². The molecule has 0 atom stereocenters. The van der Waals surface area contributed by atoms with Gasteiger partial charge in [0.1, 0.15) is 11.6 Å². The van der Waals surface area contributed by atoms with E-state index in [0.29, 0.717) is 24.6 Å². The molecule has 8 rings (SSSR count). The van der Waals surface area contributed by atoms with Crippen LogP contribution in [0.5, 0.6) is 0 Å². The molecule has 4 aromatic carbocycles. The summed E-state index contributed by atoms with van der Waals surface area (Å²) in [6, 6.07) is 30.5. The first-order valence-corrected chi connectivity index (χ1v) is 18.4. The highest BCUT2D eigenvalue weighted by molar-refractivity contribution is 5.95. The van der Waals surface area contributed by atoms with Crippen LogP contribution >= 0.6 is 0 Å². The van der Waals surface area contributed by atoms with E-state index in [9.17, 15) is 35.9 Å². The summed E-state index contributed by atoms with van der Waals surface area (Å²) in [6.07, 6.45) is -8.30. The van der Waals surface area contributed by atoms with Gasteiger partial charge < -0.3 is 25.2 Å². The Kier molecular flexibility index (Phi) is 14.1. The first-order chi connectivity index (χ1) is 30.2. The summed E-state index contributed by atoms with van der Waals surface area (Å²) in [4.78, 5) is 38.3. The highest BCUT2D eigenvalue weighted by Gasteiger charge is 2.39. The van der Waals surface area contributed by atoms with Crippen LogP contribution in [0.2, 0.25) is 0 Å². The van der Waals surface area contributed by atoms with E-state index in [0.717, 1.165) is 35.3 Å². The zero-order valence-corrected chi connectivity index (χ0v) is 32.2. The molecule has 0 aliphatic carbocycles. The van der Waals surface area contributed by atoms with E-state index in [4.69, 9.17) is 10.8 Å². The SMILES string of the molecule is NCCc1nc(-c2ccccc2)n[nH]1.O=C(NCCc1nc(-c2ccccc2)n[nH]1)c1cccc(-c2noc(C(F)(F)F)n2)c1.O=C(O)c1cccc(-c2noc(C(F)(F)F)n2)c1. The molecule has 63 heavy (non-hydrogen) atoms. The van der Waals surface area contributed by atoms with E-state index in [-0.39, 0.29) is 40.4 Å². The maximum atomic E-state index is 12.6. The summed E-state index contributed by atoms with van der Waals surface area (Å²) >= 11 is 0. The summed E-state index contributed by atoms with van der Waals surface area (Å²) in [6.45, 7) is 0.871. The smallest absolute Gasteiger partial charge is 0.471 e. The zero-order chi connectivity index (χ0) is 45.0. The second kappa shape index (κ2) is 20.0. The lowest BCUT2D eigenvalue weighted by Gasteiger charge is -2.05. The lowest BCUT2D eigenvalue weighted by atomic mass is 10.1. The Bertz CT molecular complexity index is 2730. The molecule has 0 aliphatic rings. The van der Waals surface area contributed by atoms with Crippen LogP contribution in [0.15, 0.2) is 118 Å². The summed E-state index contributed by atoms with van der Waals surface area (Å²) in [5, 5.41) is 31.9. The van der Waals surface area contributed by atoms with Gasteiger partial charge in [-0.2, -0.15) is 46.5 Å². The molecule has 8 aromatic rings. The molecule has 17 nitrogen and oxygen atoms in total. The number of nitrogens with zero attached hydrogens (tertiary/aromatic N) is 8. The fourth-order valence-electron chi connectivity index (χ4n) is 5.28. The predicted octanol–water partition coefficient (Wildman–Crippen LogP) is 6.94.